The number of carbonyl (C=O) groups is 2. The number of thioether (sulfide) groups is 1. The number of halogens is 2. The number of carboxylic acid groups (broad SMARTS) is 1. The topological polar surface area (TPSA) is 100 Å². The summed E-state index contributed by atoms with van der Waals surface area (Å²) in [5, 5.41) is 19.4. The third-order valence-electron chi connectivity index (χ3n) is 3.74. The zero-order valence-corrected chi connectivity index (χ0v) is 17.2. The zero-order chi connectivity index (χ0) is 20.8. The monoisotopic (exact) mass is 451 g/mol. The number of rotatable bonds is 7. The molecule has 29 heavy (non-hydrogen) atoms. The van der Waals surface area contributed by atoms with E-state index in [0.29, 0.717) is 28.0 Å². The number of hydrogen-bond acceptors (Lipinski definition) is 6. The molecular formula is C19H15Cl2N3O4S. The molecule has 3 rings (SSSR count). The summed E-state index contributed by atoms with van der Waals surface area (Å²) < 4.78 is 5.84. The standard InChI is InChI=1S/C19H15Cl2N3O4S/c20-13-6-12(9-22-24-19-23-18(27)15(29-19)8-16(25)26)17(14(21)7-13)28-10-11-4-2-1-3-5-11/h1-7,9,15H,8,10H2,(H,25,26)(H,23,24,27). The van der Waals surface area contributed by atoms with Crippen LogP contribution in [0.2, 0.25) is 10.0 Å². The van der Waals surface area contributed by atoms with Crippen molar-refractivity contribution in [3.63, 3.8) is 0 Å². The minimum absolute atomic E-state index is 0.220. The summed E-state index contributed by atoms with van der Waals surface area (Å²) >= 11 is 13.4. The van der Waals surface area contributed by atoms with Crippen LogP contribution in [0.4, 0.5) is 0 Å². The highest BCUT2D eigenvalue weighted by atomic mass is 35.5. The molecule has 2 aromatic rings. The summed E-state index contributed by atoms with van der Waals surface area (Å²) in [5.41, 5.74) is 1.48. The second kappa shape index (κ2) is 9.78. The number of aliphatic carboxylic acids is 1. The van der Waals surface area contributed by atoms with Crippen molar-refractivity contribution < 1.29 is 19.4 Å². The van der Waals surface area contributed by atoms with E-state index in [0.717, 1.165) is 17.3 Å². The van der Waals surface area contributed by atoms with Crippen LogP contribution in [-0.2, 0) is 16.2 Å². The molecule has 0 spiro atoms. The van der Waals surface area contributed by atoms with Crippen molar-refractivity contribution >= 4 is 58.2 Å². The second-order valence-corrected chi connectivity index (χ2v) is 7.96. The molecule has 0 aromatic heterocycles. The molecule has 1 aliphatic heterocycles. The molecule has 1 fully saturated rings. The van der Waals surface area contributed by atoms with Crippen LogP contribution >= 0.6 is 35.0 Å². The first-order valence-corrected chi connectivity index (χ1v) is 10.0. The molecule has 7 nitrogen and oxygen atoms in total. The quantitative estimate of drug-likeness (QED) is 0.489. The molecule has 2 aromatic carbocycles. The second-order valence-electron chi connectivity index (χ2n) is 5.92. The Labute approximate surface area is 180 Å². The number of carboxylic acids is 1. The normalized spacial score (nSPS) is 17.7. The van der Waals surface area contributed by atoms with Gasteiger partial charge in [-0.05, 0) is 17.7 Å². The Morgan fingerprint density at radius 1 is 1.28 bits per heavy atom. The van der Waals surface area contributed by atoms with Gasteiger partial charge in [0.05, 0.1) is 17.7 Å². The fourth-order valence-electron chi connectivity index (χ4n) is 2.45. The lowest BCUT2D eigenvalue weighted by molar-refractivity contribution is -0.138. The Kier molecular flexibility index (Phi) is 7.13. The molecule has 0 radical (unpaired) electrons. The van der Waals surface area contributed by atoms with E-state index in [4.69, 9.17) is 33.0 Å². The van der Waals surface area contributed by atoms with E-state index >= 15 is 0 Å². The highest BCUT2D eigenvalue weighted by Crippen LogP contribution is 2.32. The first-order valence-electron chi connectivity index (χ1n) is 8.38. The lowest BCUT2D eigenvalue weighted by atomic mass is 10.2. The van der Waals surface area contributed by atoms with Crippen LogP contribution in [0, 0.1) is 0 Å². The van der Waals surface area contributed by atoms with Crippen molar-refractivity contribution in [2.24, 2.45) is 10.2 Å². The summed E-state index contributed by atoms with van der Waals surface area (Å²) in [6.07, 6.45) is 1.11. The summed E-state index contributed by atoms with van der Waals surface area (Å²) in [6.45, 7) is 0.306. The van der Waals surface area contributed by atoms with Crippen LogP contribution in [-0.4, -0.2) is 33.6 Å². The van der Waals surface area contributed by atoms with E-state index in [1.807, 2.05) is 30.3 Å². The Morgan fingerprint density at radius 2 is 2.03 bits per heavy atom. The molecule has 1 aliphatic rings. The Balaban J connectivity index is 1.74. The van der Waals surface area contributed by atoms with Crippen molar-refractivity contribution in [3.05, 3.63) is 63.6 Å². The maximum Gasteiger partial charge on any atom is 0.305 e. The first kappa shape index (κ1) is 21.2. The summed E-state index contributed by atoms with van der Waals surface area (Å²) in [4.78, 5) is 22.5. The zero-order valence-electron chi connectivity index (χ0n) is 14.8. The number of ether oxygens (including phenoxy) is 1. The molecule has 10 heteroatoms. The highest BCUT2D eigenvalue weighted by molar-refractivity contribution is 8.15. The predicted molar refractivity (Wildman–Crippen MR) is 114 cm³/mol. The average molecular weight is 452 g/mol. The largest absolute Gasteiger partial charge is 0.487 e. The Morgan fingerprint density at radius 3 is 2.76 bits per heavy atom. The van der Waals surface area contributed by atoms with E-state index in [1.54, 1.807) is 12.1 Å². The van der Waals surface area contributed by atoms with Gasteiger partial charge in [0.15, 0.2) is 5.17 Å². The van der Waals surface area contributed by atoms with Gasteiger partial charge in [-0.3, -0.25) is 9.59 Å². The fourth-order valence-corrected chi connectivity index (χ4v) is 3.93. The summed E-state index contributed by atoms with van der Waals surface area (Å²) in [5.74, 6) is -1.07. The molecular weight excluding hydrogens is 437 g/mol. The maximum atomic E-state index is 11.7. The molecule has 0 saturated carbocycles. The van der Waals surface area contributed by atoms with Crippen LogP contribution in [0.5, 0.6) is 5.75 Å². The smallest absolute Gasteiger partial charge is 0.305 e. The van der Waals surface area contributed by atoms with Crippen molar-refractivity contribution in [2.75, 3.05) is 0 Å². The van der Waals surface area contributed by atoms with Crippen LogP contribution in [0.25, 0.3) is 0 Å². The minimum atomic E-state index is -1.06. The Bertz CT molecular complexity index is 983. The highest BCUT2D eigenvalue weighted by Gasteiger charge is 2.32. The lowest BCUT2D eigenvalue weighted by Crippen LogP contribution is -2.26. The number of amidine groups is 1. The van der Waals surface area contributed by atoms with E-state index in [1.165, 1.54) is 6.21 Å². The van der Waals surface area contributed by atoms with Gasteiger partial charge in [0.1, 0.15) is 17.6 Å². The van der Waals surface area contributed by atoms with Crippen LogP contribution in [0.3, 0.4) is 0 Å². The molecule has 1 saturated heterocycles. The number of hydrogen-bond donors (Lipinski definition) is 2. The molecule has 2 N–H and O–H groups in total. The van der Waals surface area contributed by atoms with Crippen LogP contribution in [0.15, 0.2) is 52.7 Å². The first-order chi connectivity index (χ1) is 13.9. The molecule has 150 valence electrons. The molecule has 0 aliphatic carbocycles. The molecule has 1 atom stereocenters. The van der Waals surface area contributed by atoms with E-state index in [9.17, 15) is 9.59 Å². The van der Waals surface area contributed by atoms with Crippen molar-refractivity contribution in [3.8, 4) is 5.75 Å². The third-order valence-corrected chi connectivity index (χ3v) is 5.32. The van der Waals surface area contributed by atoms with E-state index < -0.39 is 17.1 Å². The summed E-state index contributed by atoms with van der Waals surface area (Å²) in [7, 11) is 0. The van der Waals surface area contributed by atoms with Crippen molar-refractivity contribution in [1.29, 1.82) is 0 Å². The number of benzene rings is 2. The number of nitrogens with one attached hydrogen (secondary N) is 1. The maximum absolute atomic E-state index is 11.7. The average Bonchev–Trinajstić information content (AvgIpc) is 3.00. The SMILES string of the molecule is O=C(O)CC1S/C(=N\N=Cc2cc(Cl)cc(Cl)c2OCc2ccccc2)NC1=O. The van der Waals surface area contributed by atoms with Gasteiger partial charge in [-0.25, -0.2) is 0 Å². The molecule has 1 unspecified atom stereocenters. The fraction of sp³-hybridized carbons (Fsp3) is 0.158. The van der Waals surface area contributed by atoms with Crippen molar-refractivity contribution in [2.45, 2.75) is 18.3 Å². The lowest BCUT2D eigenvalue weighted by Gasteiger charge is -2.11. The van der Waals surface area contributed by atoms with E-state index in [-0.39, 0.29) is 11.6 Å². The van der Waals surface area contributed by atoms with Gasteiger partial charge in [-0.15, -0.1) is 5.10 Å². The number of nitrogens with zero attached hydrogens (tertiary/aromatic N) is 2. The predicted octanol–water partition coefficient (Wildman–Crippen LogP) is 3.97. The van der Waals surface area contributed by atoms with E-state index in [2.05, 4.69) is 15.5 Å². The molecule has 0 bridgehead atoms. The third kappa shape index (κ3) is 5.96. The summed E-state index contributed by atoms with van der Waals surface area (Å²) in [6, 6.07) is 12.8. The van der Waals surface area contributed by atoms with Crippen LogP contribution < -0.4 is 10.1 Å². The molecule has 1 heterocycles. The van der Waals surface area contributed by atoms with Crippen LogP contribution in [0.1, 0.15) is 17.5 Å². The van der Waals surface area contributed by atoms with Gasteiger partial charge in [0, 0.05) is 10.6 Å². The van der Waals surface area contributed by atoms with Gasteiger partial charge in [0.25, 0.3) is 0 Å². The van der Waals surface area contributed by atoms with Gasteiger partial charge in [-0.1, -0.05) is 65.3 Å². The van der Waals surface area contributed by atoms with Gasteiger partial charge in [-0.2, -0.15) is 5.10 Å². The number of amides is 1. The van der Waals surface area contributed by atoms with Crippen molar-refractivity contribution in [1.82, 2.24) is 5.32 Å². The number of carbonyl (C=O) groups excluding carboxylic acids is 1. The molecule has 1 amide bonds. The van der Waals surface area contributed by atoms with Gasteiger partial charge < -0.3 is 15.2 Å². The Hall–Kier alpha value is -2.55. The van der Waals surface area contributed by atoms with Gasteiger partial charge in [0.2, 0.25) is 5.91 Å². The van der Waals surface area contributed by atoms with Gasteiger partial charge >= 0.3 is 5.97 Å². The minimum Gasteiger partial charge on any atom is -0.487 e.